The number of carboxylic acids is 2. The average Bonchev–Trinajstić information content (AvgIpc) is 2.37. The summed E-state index contributed by atoms with van der Waals surface area (Å²) in [5, 5.41) is 16.3. The molecule has 0 saturated carbocycles. The van der Waals surface area contributed by atoms with Crippen LogP contribution in [-0.4, -0.2) is 27.3 Å². The van der Waals surface area contributed by atoms with Crippen molar-refractivity contribution in [1.29, 1.82) is 0 Å². The Kier molecular flexibility index (Phi) is 5.62. The molecule has 1 aliphatic rings. The third-order valence-corrected chi connectivity index (χ3v) is 2.81. The standard InChI is InChI=1S/C8H8N2S.C4H4O4/c9-8-10-7-4-2-1-3-6(7)5-11-8;5-3(6)1-2-4(7)8/h1-4H,5H2,(H2,9,10);1-2H,(H,5,6)(H,7,8). The number of nitrogens with zero attached hydrogens (tertiary/aromatic N) is 1. The van der Waals surface area contributed by atoms with Crippen molar-refractivity contribution in [3.05, 3.63) is 42.0 Å². The molecule has 0 amide bonds. The molecule has 0 bridgehead atoms. The van der Waals surface area contributed by atoms with Gasteiger partial charge in [-0.2, -0.15) is 0 Å². The van der Waals surface area contributed by atoms with E-state index in [1.165, 1.54) is 5.56 Å². The molecule has 1 aromatic carbocycles. The van der Waals surface area contributed by atoms with Gasteiger partial charge in [0.15, 0.2) is 5.17 Å². The second-order valence-electron chi connectivity index (χ2n) is 3.38. The van der Waals surface area contributed by atoms with Crippen LogP contribution in [0.1, 0.15) is 5.56 Å². The van der Waals surface area contributed by atoms with Gasteiger partial charge < -0.3 is 15.9 Å². The average molecular weight is 280 g/mol. The highest BCUT2D eigenvalue weighted by atomic mass is 32.2. The molecular formula is C12H12N2O4S. The molecule has 0 fully saturated rings. The number of hydrogen-bond acceptors (Lipinski definition) is 5. The van der Waals surface area contributed by atoms with E-state index in [4.69, 9.17) is 15.9 Å². The van der Waals surface area contributed by atoms with Crippen LogP contribution < -0.4 is 5.73 Å². The molecule has 19 heavy (non-hydrogen) atoms. The second-order valence-corrected chi connectivity index (χ2v) is 4.37. The van der Waals surface area contributed by atoms with E-state index in [2.05, 4.69) is 11.1 Å². The van der Waals surface area contributed by atoms with E-state index < -0.39 is 11.9 Å². The molecule has 0 saturated heterocycles. The topological polar surface area (TPSA) is 113 Å². The minimum absolute atomic E-state index is 0.558. The summed E-state index contributed by atoms with van der Waals surface area (Å²) in [7, 11) is 0. The number of nitrogens with two attached hydrogens (primary N) is 1. The van der Waals surface area contributed by atoms with Crippen molar-refractivity contribution in [2.45, 2.75) is 5.75 Å². The van der Waals surface area contributed by atoms with Crippen molar-refractivity contribution >= 4 is 34.6 Å². The first-order valence-corrected chi connectivity index (χ1v) is 6.16. The zero-order valence-corrected chi connectivity index (χ0v) is 10.6. The Morgan fingerprint density at radius 2 is 1.79 bits per heavy atom. The molecule has 0 aliphatic carbocycles. The molecule has 6 nitrogen and oxygen atoms in total. The van der Waals surface area contributed by atoms with E-state index in [9.17, 15) is 9.59 Å². The minimum atomic E-state index is -1.26. The van der Waals surface area contributed by atoms with Crippen molar-refractivity contribution in [3.8, 4) is 0 Å². The third kappa shape index (κ3) is 5.73. The maximum absolute atomic E-state index is 9.55. The van der Waals surface area contributed by atoms with Gasteiger partial charge in [-0.25, -0.2) is 14.6 Å². The fourth-order valence-electron chi connectivity index (χ4n) is 1.19. The lowest BCUT2D eigenvalue weighted by molar-refractivity contribution is -0.134. The lowest BCUT2D eigenvalue weighted by atomic mass is 10.2. The fraction of sp³-hybridized carbons (Fsp3) is 0.0833. The van der Waals surface area contributed by atoms with Crippen molar-refractivity contribution in [1.82, 2.24) is 0 Å². The highest BCUT2D eigenvalue weighted by Crippen LogP contribution is 2.28. The number of amidine groups is 1. The lowest BCUT2D eigenvalue weighted by Gasteiger charge is -2.10. The van der Waals surface area contributed by atoms with Gasteiger partial charge in [0.25, 0.3) is 0 Å². The number of hydrogen-bond donors (Lipinski definition) is 3. The van der Waals surface area contributed by atoms with E-state index >= 15 is 0 Å². The molecule has 4 N–H and O–H groups in total. The molecule has 7 heteroatoms. The van der Waals surface area contributed by atoms with E-state index in [1.54, 1.807) is 11.8 Å². The Morgan fingerprint density at radius 3 is 2.37 bits per heavy atom. The third-order valence-electron chi connectivity index (χ3n) is 1.97. The van der Waals surface area contributed by atoms with Crippen LogP contribution in [0.3, 0.4) is 0 Å². The predicted molar refractivity (Wildman–Crippen MR) is 73.4 cm³/mol. The normalized spacial score (nSPS) is 12.9. The molecule has 0 radical (unpaired) electrons. The minimum Gasteiger partial charge on any atom is -0.478 e. The molecule has 0 atom stereocenters. The quantitative estimate of drug-likeness (QED) is 0.709. The van der Waals surface area contributed by atoms with Gasteiger partial charge in [0.2, 0.25) is 0 Å². The van der Waals surface area contributed by atoms with Crippen LogP contribution in [0, 0.1) is 0 Å². The molecule has 1 aliphatic heterocycles. The number of carbonyl (C=O) groups is 2. The molecule has 2 rings (SSSR count). The van der Waals surface area contributed by atoms with Crippen molar-refractivity contribution in [2.75, 3.05) is 0 Å². The monoisotopic (exact) mass is 280 g/mol. The van der Waals surface area contributed by atoms with Gasteiger partial charge in [-0.05, 0) is 11.6 Å². The van der Waals surface area contributed by atoms with Crippen LogP contribution in [0.4, 0.5) is 5.69 Å². The summed E-state index contributed by atoms with van der Waals surface area (Å²) in [5.74, 6) is -1.56. The van der Waals surface area contributed by atoms with Crippen LogP contribution in [-0.2, 0) is 15.3 Å². The molecular weight excluding hydrogens is 268 g/mol. The number of carboxylic acid groups (broad SMARTS) is 2. The highest BCUT2D eigenvalue weighted by molar-refractivity contribution is 8.13. The predicted octanol–water partition coefficient (Wildman–Crippen LogP) is 1.59. The number of rotatable bonds is 2. The van der Waals surface area contributed by atoms with E-state index in [0.29, 0.717) is 17.3 Å². The van der Waals surface area contributed by atoms with Gasteiger partial charge >= 0.3 is 11.9 Å². The lowest BCUT2D eigenvalue weighted by Crippen LogP contribution is -2.09. The summed E-state index contributed by atoms with van der Waals surface area (Å²) in [6.07, 6.45) is 1.12. The van der Waals surface area contributed by atoms with Gasteiger partial charge in [-0.1, -0.05) is 30.0 Å². The summed E-state index contributed by atoms with van der Waals surface area (Å²) in [6.45, 7) is 0. The van der Waals surface area contributed by atoms with Gasteiger partial charge in [-0.15, -0.1) is 0 Å². The van der Waals surface area contributed by atoms with E-state index in [-0.39, 0.29) is 0 Å². The van der Waals surface area contributed by atoms with Crippen LogP contribution in [0.15, 0.2) is 41.4 Å². The fourth-order valence-corrected chi connectivity index (χ4v) is 1.90. The van der Waals surface area contributed by atoms with E-state index in [1.807, 2.05) is 18.2 Å². The van der Waals surface area contributed by atoms with Gasteiger partial charge in [0, 0.05) is 17.9 Å². The highest BCUT2D eigenvalue weighted by Gasteiger charge is 2.07. The SMILES string of the molecule is NC1=Nc2ccccc2CS1.O=C(O)C=CC(=O)O. The summed E-state index contributed by atoms with van der Waals surface area (Å²) >= 11 is 1.59. The summed E-state index contributed by atoms with van der Waals surface area (Å²) < 4.78 is 0. The first-order chi connectivity index (χ1) is 8.99. The number of aliphatic carboxylic acids is 2. The molecule has 0 spiro atoms. The summed E-state index contributed by atoms with van der Waals surface area (Å²) in [4.78, 5) is 23.3. The number of aliphatic imine (C=N–C) groups is 1. The number of thioether (sulfide) groups is 1. The Balaban J connectivity index is 0.000000203. The maximum atomic E-state index is 9.55. The molecule has 0 unspecified atom stereocenters. The summed E-state index contributed by atoms with van der Waals surface area (Å²) in [6, 6.07) is 8.07. The maximum Gasteiger partial charge on any atom is 0.328 e. The first kappa shape index (κ1) is 14.8. The summed E-state index contributed by atoms with van der Waals surface area (Å²) in [5.41, 5.74) is 7.85. The van der Waals surface area contributed by atoms with Crippen LogP contribution in [0.2, 0.25) is 0 Å². The Morgan fingerprint density at radius 1 is 1.21 bits per heavy atom. The number of para-hydroxylation sites is 1. The Hall–Kier alpha value is -2.28. The van der Waals surface area contributed by atoms with Crippen LogP contribution in [0.25, 0.3) is 0 Å². The van der Waals surface area contributed by atoms with Gasteiger partial charge in [0.05, 0.1) is 5.69 Å². The second kappa shape index (κ2) is 7.22. The van der Waals surface area contributed by atoms with Crippen molar-refractivity contribution in [2.24, 2.45) is 10.7 Å². The molecule has 100 valence electrons. The Labute approximate surface area is 113 Å². The van der Waals surface area contributed by atoms with Crippen molar-refractivity contribution in [3.63, 3.8) is 0 Å². The number of fused-ring (bicyclic) bond motifs is 1. The Bertz CT molecular complexity index is 524. The van der Waals surface area contributed by atoms with Crippen molar-refractivity contribution < 1.29 is 19.8 Å². The molecule has 1 heterocycles. The van der Waals surface area contributed by atoms with Crippen LogP contribution in [0.5, 0.6) is 0 Å². The molecule has 1 aromatic rings. The zero-order chi connectivity index (χ0) is 14.3. The molecule has 0 aromatic heterocycles. The largest absolute Gasteiger partial charge is 0.478 e. The van der Waals surface area contributed by atoms with Gasteiger partial charge in [-0.3, -0.25) is 0 Å². The van der Waals surface area contributed by atoms with E-state index in [0.717, 1.165) is 11.4 Å². The smallest absolute Gasteiger partial charge is 0.328 e. The first-order valence-electron chi connectivity index (χ1n) is 5.18. The number of benzene rings is 1. The van der Waals surface area contributed by atoms with Gasteiger partial charge in [0.1, 0.15) is 0 Å². The van der Waals surface area contributed by atoms with Crippen LogP contribution >= 0.6 is 11.8 Å². The zero-order valence-electron chi connectivity index (χ0n) is 9.81.